The van der Waals surface area contributed by atoms with Crippen LogP contribution < -0.4 is 0 Å². The Labute approximate surface area is 93.3 Å². The normalized spacial score (nSPS) is 10.8. The van der Waals surface area contributed by atoms with Crippen LogP contribution in [-0.4, -0.2) is 16.4 Å². The van der Waals surface area contributed by atoms with E-state index in [1.807, 2.05) is 30.3 Å². The standard InChI is InChI=1S/C13H11NO2/c15-12-7-6-10(13(16)8-12)9-14-11-4-2-1-3-5-11/h1-9,15-16H/b14-9+. The zero-order valence-corrected chi connectivity index (χ0v) is 8.54. The van der Waals surface area contributed by atoms with Crippen LogP contribution in [0, 0.1) is 0 Å². The number of nitrogens with zero attached hydrogens (tertiary/aromatic N) is 1. The van der Waals surface area contributed by atoms with E-state index in [2.05, 4.69) is 4.99 Å². The number of rotatable bonds is 2. The van der Waals surface area contributed by atoms with Crippen molar-refractivity contribution in [2.45, 2.75) is 0 Å². The van der Waals surface area contributed by atoms with Crippen molar-refractivity contribution in [3.05, 3.63) is 54.1 Å². The minimum atomic E-state index is 0.0136. The molecular formula is C13H11NO2. The van der Waals surface area contributed by atoms with E-state index in [1.54, 1.807) is 12.3 Å². The fourth-order valence-corrected chi connectivity index (χ4v) is 1.30. The van der Waals surface area contributed by atoms with Crippen molar-refractivity contribution in [2.75, 3.05) is 0 Å². The molecule has 0 aliphatic rings. The van der Waals surface area contributed by atoms with Gasteiger partial charge < -0.3 is 10.2 Å². The van der Waals surface area contributed by atoms with Crippen LogP contribution in [-0.2, 0) is 0 Å². The summed E-state index contributed by atoms with van der Waals surface area (Å²) in [6.07, 6.45) is 1.56. The average Bonchev–Trinajstić information content (AvgIpc) is 2.29. The maximum absolute atomic E-state index is 9.52. The maximum atomic E-state index is 9.52. The molecule has 0 aromatic heterocycles. The van der Waals surface area contributed by atoms with Gasteiger partial charge in [0.2, 0.25) is 0 Å². The Bertz CT molecular complexity index is 507. The van der Waals surface area contributed by atoms with Crippen LogP contribution in [0.1, 0.15) is 5.56 Å². The highest BCUT2D eigenvalue weighted by molar-refractivity contribution is 5.85. The lowest BCUT2D eigenvalue weighted by Gasteiger charge is -1.99. The van der Waals surface area contributed by atoms with Crippen LogP contribution in [0.15, 0.2) is 53.5 Å². The molecular weight excluding hydrogens is 202 g/mol. The molecule has 2 aromatic carbocycles. The highest BCUT2D eigenvalue weighted by Gasteiger charge is 1.98. The molecule has 0 radical (unpaired) electrons. The first-order chi connectivity index (χ1) is 7.75. The van der Waals surface area contributed by atoms with Gasteiger partial charge >= 0.3 is 0 Å². The Hall–Kier alpha value is -2.29. The van der Waals surface area contributed by atoms with Gasteiger partial charge in [0, 0.05) is 17.8 Å². The molecule has 0 bridgehead atoms. The van der Waals surface area contributed by atoms with Crippen molar-refractivity contribution in [1.29, 1.82) is 0 Å². The van der Waals surface area contributed by atoms with E-state index >= 15 is 0 Å². The number of para-hydroxylation sites is 1. The Morgan fingerprint density at radius 2 is 1.69 bits per heavy atom. The highest BCUT2D eigenvalue weighted by atomic mass is 16.3. The van der Waals surface area contributed by atoms with Crippen molar-refractivity contribution in [3.63, 3.8) is 0 Å². The molecule has 0 spiro atoms. The van der Waals surface area contributed by atoms with E-state index in [1.165, 1.54) is 12.1 Å². The van der Waals surface area contributed by atoms with Crippen LogP contribution in [0.4, 0.5) is 5.69 Å². The summed E-state index contributed by atoms with van der Waals surface area (Å²) in [5.41, 5.74) is 1.39. The molecule has 0 atom stereocenters. The molecule has 0 aliphatic heterocycles. The fraction of sp³-hybridized carbons (Fsp3) is 0. The summed E-state index contributed by atoms with van der Waals surface area (Å²) in [7, 11) is 0. The molecule has 0 heterocycles. The van der Waals surface area contributed by atoms with Gasteiger partial charge in [0.15, 0.2) is 0 Å². The lowest BCUT2D eigenvalue weighted by atomic mass is 10.2. The third-order valence-electron chi connectivity index (χ3n) is 2.12. The minimum Gasteiger partial charge on any atom is -0.508 e. The summed E-state index contributed by atoms with van der Waals surface area (Å²) in [5, 5.41) is 18.6. The van der Waals surface area contributed by atoms with Crippen molar-refractivity contribution >= 4 is 11.9 Å². The molecule has 2 aromatic rings. The summed E-state index contributed by atoms with van der Waals surface area (Å²) in [5.74, 6) is 0.0500. The van der Waals surface area contributed by atoms with Crippen molar-refractivity contribution in [2.24, 2.45) is 4.99 Å². The lowest BCUT2D eigenvalue weighted by molar-refractivity contribution is 0.450. The highest BCUT2D eigenvalue weighted by Crippen LogP contribution is 2.21. The Morgan fingerprint density at radius 1 is 0.938 bits per heavy atom. The number of benzene rings is 2. The SMILES string of the molecule is Oc1ccc(/C=N/c2ccccc2)c(O)c1. The quantitative estimate of drug-likeness (QED) is 0.753. The zero-order valence-electron chi connectivity index (χ0n) is 8.54. The molecule has 0 aliphatic carbocycles. The van der Waals surface area contributed by atoms with Gasteiger partial charge in [-0.25, -0.2) is 0 Å². The Balaban J connectivity index is 2.24. The van der Waals surface area contributed by atoms with Crippen molar-refractivity contribution < 1.29 is 10.2 Å². The predicted octanol–water partition coefficient (Wildman–Crippen LogP) is 2.85. The summed E-state index contributed by atoms with van der Waals surface area (Å²) >= 11 is 0. The summed E-state index contributed by atoms with van der Waals surface area (Å²) in [6, 6.07) is 13.8. The van der Waals surface area contributed by atoms with Crippen LogP contribution in [0.25, 0.3) is 0 Å². The van der Waals surface area contributed by atoms with Crippen LogP contribution in [0.5, 0.6) is 11.5 Å². The third kappa shape index (κ3) is 2.39. The first kappa shape index (κ1) is 10.2. The van der Waals surface area contributed by atoms with E-state index in [-0.39, 0.29) is 11.5 Å². The van der Waals surface area contributed by atoms with E-state index in [4.69, 9.17) is 5.11 Å². The molecule has 16 heavy (non-hydrogen) atoms. The molecule has 0 saturated heterocycles. The number of aliphatic imine (C=N–C) groups is 1. The van der Waals surface area contributed by atoms with Gasteiger partial charge in [-0.2, -0.15) is 0 Å². The van der Waals surface area contributed by atoms with E-state index in [0.29, 0.717) is 5.56 Å². The summed E-state index contributed by atoms with van der Waals surface area (Å²) in [4.78, 5) is 4.20. The largest absolute Gasteiger partial charge is 0.508 e. The Morgan fingerprint density at radius 3 is 2.38 bits per heavy atom. The molecule has 0 unspecified atom stereocenters. The van der Waals surface area contributed by atoms with Crippen molar-refractivity contribution in [1.82, 2.24) is 0 Å². The molecule has 3 nitrogen and oxygen atoms in total. The minimum absolute atomic E-state index is 0.0136. The number of hydrogen-bond donors (Lipinski definition) is 2. The van der Waals surface area contributed by atoms with Gasteiger partial charge in [0.1, 0.15) is 11.5 Å². The molecule has 3 heteroatoms. The lowest BCUT2D eigenvalue weighted by Crippen LogP contribution is -1.81. The predicted molar refractivity (Wildman–Crippen MR) is 63.5 cm³/mol. The number of phenols is 2. The van der Waals surface area contributed by atoms with Crippen LogP contribution in [0.2, 0.25) is 0 Å². The van der Waals surface area contributed by atoms with E-state index in [9.17, 15) is 5.11 Å². The van der Waals surface area contributed by atoms with Gasteiger partial charge in [-0.3, -0.25) is 4.99 Å². The third-order valence-corrected chi connectivity index (χ3v) is 2.12. The second-order valence-electron chi connectivity index (χ2n) is 3.34. The fourth-order valence-electron chi connectivity index (χ4n) is 1.30. The van der Waals surface area contributed by atoms with Gasteiger partial charge in [0.25, 0.3) is 0 Å². The maximum Gasteiger partial charge on any atom is 0.128 e. The van der Waals surface area contributed by atoms with Gasteiger partial charge in [-0.15, -0.1) is 0 Å². The second-order valence-corrected chi connectivity index (χ2v) is 3.34. The molecule has 80 valence electrons. The number of phenolic OH excluding ortho intramolecular Hbond substituents is 2. The monoisotopic (exact) mass is 213 g/mol. The van der Waals surface area contributed by atoms with E-state index in [0.717, 1.165) is 5.69 Å². The number of aromatic hydroxyl groups is 2. The molecule has 0 amide bonds. The molecule has 2 N–H and O–H groups in total. The zero-order chi connectivity index (χ0) is 11.4. The smallest absolute Gasteiger partial charge is 0.128 e. The van der Waals surface area contributed by atoms with E-state index < -0.39 is 0 Å². The van der Waals surface area contributed by atoms with Gasteiger partial charge in [0.05, 0.1) is 5.69 Å². The summed E-state index contributed by atoms with van der Waals surface area (Å²) < 4.78 is 0. The molecule has 2 rings (SSSR count). The summed E-state index contributed by atoms with van der Waals surface area (Å²) in [6.45, 7) is 0. The average molecular weight is 213 g/mol. The first-order valence-corrected chi connectivity index (χ1v) is 4.87. The topological polar surface area (TPSA) is 52.8 Å². The molecule has 0 saturated carbocycles. The van der Waals surface area contributed by atoms with Gasteiger partial charge in [-0.05, 0) is 24.3 Å². The van der Waals surface area contributed by atoms with Crippen LogP contribution in [0.3, 0.4) is 0 Å². The first-order valence-electron chi connectivity index (χ1n) is 4.87. The number of hydrogen-bond acceptors (Lipinski definition) is 3. The second kappa shape index (κ2) is 4.49. The van der Waals surface area contributed by atoms with Crippen LogP contribution >= 0.6 is 0 Å². The van der Waals surface area contributed by atoms with Gasteiger partial charge in [-0.1, -0.05) is 18.2 Å². The molecule has 0 fully saturated rings. The van der Waals surface area contributed by atoms with Crippen molar-refractivity contribution in [3.8, 4) is 11.5 Å². The Kier molecular flexibility index (Phi) is 2.87.